The van der Waals surface area contributed by atoms with Crippen LogP contribution in [0.1, 0.15) is 49.3 Å². The summed E-state index contributed by atoms with van der Waals surface area (Å²) >= 11 is 3.93. The van der Waals surface area contributed by atoms with E-state index in [1.807, 2.05) is 23.5 Å². The fraction of sp³-hybridized carbons (Fsp3) is 0.625. The van der Waals surface area contributed by atoms with Crippen LogP contribution in [0.25, 0.3) is 0 Å². The number of rotatable bonds is 3. The highest BCUT2D eigenvalue weighted by molar-refractivity contribution is 8.07. The first-order chi connectivity index (χ1) is 9.25. The Hall–Kier alpha value is -0.120. The molecule has 3 rings (SSSR count). The van der Waals surface area contributed by atoms with E-state index in [1.54, 1.807) is 0 Å². The van der Waals surface area contributed by atoms with Gasteiger partial charge in [0.05, 0.1) is 6.10 Å². The second-order valence-electron chi connectivity index (χ2n) is 5.65. The van der Waals surface area contributed by atoms with E-state index >= 15 is 0 Å². The van der Waals surface area contributed by atoms with Crippen LogP contribution in [-0.4, -0.2) is 27.1 Å². The van der Waals surface area contributed by atoms with E-state index in [-0.39, 0.29) is 6.10 Å². The largest absolute Gasteiger partial charge is 0.387 e. The first-order valence-corrected chi connectivity index (χ1v) is 9.36. The standard InChI is InChI=1S/C16H22OS2/c1-11-16(19-9-8-18-11)15(17)14-7-3-6-13(10-14)12-4-2-5-12/h3,6-7,10-12,15-17H,2,4-5,8-9H2,1H3. The van der Waals surface area contributed by atoms with E-state index < -0.39 is 0 Å². The molecule has 3 atom stereocenters. The minimum Gasteiger partial charge on any atom is -0.387 e. The molecule has 2 fully saturated rings. The summed E-state index contributed by atoms with van der Waals surface area (Å²) < 4.78 is 0. The number of hydrogen-bond acceptors (Lipinski definition) is 3. The van der Waals surface area contributed by atoms with Crippen molar-refractivity contribution in [1.82, 2.24) is 0 Å². The predicted octanol–water partition coefficient (Wildman–Crippen LogP) is 4.22. The van der Waals surface area contributed by atoms with E-state index in [1.165, 1.54) is 36.3 Å². The third-order valence-electron chi connectivity index (χ3n) is 4.38. The SMILES string of the molecule is CC1SCCSC1C(O)c1cccc(C2CCC2)c1. The van der Waals surface area contributed by atoms with E-state index in [0.29, 0.717) is 10.5 Å². The van der Waals surface area contributed by atoms with E-state index in [4.69, 9.17) is 0 Å². The van der Waals surface area contributed by atoms with Crippen LogP contribution >= 0.6 is 23.5 Å². The van der Waals surface area contributed by atoms with Crippen LogP contribution in [0, 0.1) is 0 Å². The first-order valence-electron chi connectivity index (χ1n) is 7.27. The van der Waals surface area contributed by atoms with Crippen LogP contribution in [0.2, 0.25) is 0 Å². The molecule has 1 nitrogen and oxygen atoms in total. The Morgan fingerprint density at radius 1 is 1.21 bits per heavy atom. The highest BCUT2D eigenvalue weighted by atomic mass is 32.2. The zero-order valence-electron chi connectivity index (χ0n) is 11.4. The molecule has 1 aliphatic heterocycles. The molecule has 1 aliphatic carbocycles. The molecular weight excluding hydrogens is 272 g/mol. The summed E-state index contributed by atoms with van der Waals surface area (Å²) in [5, 5.41) is 11.6. The van der Waals surface area contributed by atoms with Crippen LogP contribution in [0.15, 0.2) is 24.3 Å². The van der Waals surface area contributed by atoms with Crippen molar-refractivity contribution in [3.63, 3.8) is 0 Å². The molecule has 0 aromatic heterocycles. The number of benzene rings is 1. The Morgan fingerprint density at radius 3 is 2.68 bits per heavy atom. The van der Waals surface area contributed by atoms with E-state index in [0.717, 1.165) is 11.5 Å². The molecule has 1 saturated heterocycles. The lowest BCUT2D eigenvalue weighted by Crippen LogP contribution is -2.29. The van der Waals surface area contributed by atoms with Crippen molar-refractivity contribution in [3.8, 4) is 0 Å². The zero-order chi connectivity index (χ0) is 13.2. The zero-order valence-corrected chi connectivity index (χ0v) is 13.1. The molecule has 0 amide bonds. The lowest BCUT2D eigenvalue weighted by molar-refractivity contribution is 0.174. The maximum atomic E-state index is 10.7. The van der Waals surface area contributed by atoms with Crippen molar-refractivity contribution < 1.29 is 5.11 Å². The Kier molecular flexibility index (Phi) is 4.45. The Balaban J connectivity index is 1.76. The molecule has 104 valence electrons. The molecule has 0 radical (unpaired) electrons. The van der Waals surface area contributed by atoms with Crippen molar-refractivity contribution in [3.05, 3.63) is 35.4 Å². The fourth-order valence-corrected chi connectivity index (χ4v) is 5.76. The predicted molar refractivity (Wildman–Crippen MR) is 86.2 cm³/mol. The van der Waals surface area contributed by atoms with Crippen LogP contribution in [0.4, 0.5) is 0 Å². The molecule has 1 aromatic carbocycles. The van der Waals surface area contributed by atoms with Gasteiger partial charge in [-0.3, -0.25) is 0 Å². The maximum Gasteiger partial charge on any atom is 0.0919 e. The molecule has 3 heteroatoms. The van der Waals surface area contributed by atoms with Crippen molar-refractivity contribution in [2.24, 2.45) is 0 Å². The third kappa shape index (κ3) is 2.98. The summed E-state index contributed by atoms with van der Waals surface area (Å²) in [6, 6.07) is 8.70. The van der Waals surface area contributed by atoms with Gasteiger partial charge in [0.15, 0.2) is 0 Å². The van der Waals surface area contributed by atoms with Crippen molar-refractivity contribution in [2.75, 3.05) is 11.5 Å². The first kappa shape index (κ1) is 13.8. The van der Waals surface area contributed by atoms with Crippen LogP contribution < -0.4 is 0 Å². The topological polar surface area (TPSA) is 20.2 Å². The summed E-state index contributed by atoms with van der Waals surface area (Å²) in [6.45, 7) is 2.25. The summed E-state index contributed by atoms with van der Waals surface area (Å²) in [6.07, 6.45) is 3.70. The van der Waals surface area contributed by atoms with Gasteiger partial charge in [-0.25, -0.2) is 0 Å². The number of hydrogen-bond donors (Lipinski definition) is 1. The quantitative estimate of drug-likeness (QED) is 0.901. The molecule has 19 heavy (non-hydrogen) atoms. The molecule has 2 aliphatic rings. The second kappa shape index (κ2) is 6.11. The summed E-state index contributed by atoms with van der Waals surface area (Å²) in [5.41, 5.74) is 2.56. The number of aliphatic hydroxyl groups excluding tert-OH is 1. The third-order valence-corrected chi connectivity index (χ3v) is 7.56. The van der Waals surface area contributed by atoms with Crippen LogP contribution in [0.5, 0.6) is 0 Å². The maximum absolute atomic E-state index is 10.7. The number of aliphatic hydroxyl groups is 1. The van der Waals surface area contributed by atoms with Gasteiger partial charge in [-0.2, -0.15) is 23.5 Å². The molecule has 1 saturated carbocycles. The minimum atomic E-state index is -0.312. The van der Waals surface area contributed by atoms with Gasteiger partial charge >= 0.3 is 0 Å². The van der Waals surface area contributed by atoms with E-state index in [2.05, 4.69) is 31.2 Å². The van der Waals surface area contributed by atoms with Gasteiger partial charge in [-0.15, -0.1) is 0 Å². The molecule has 1 heterocycles. The van der Waals surface area contributed by atoms with Crippen molar-refractivity contribution >= 4 is 23.5 Å². The van der Waals surface area contributed by atoms with Crippen LogP contribution in [0.3, 0.4) is 0 Å². The van der Waals surface area contributed by atoms with E-state index in [9.17, 15) is 5.11 Å². The van der Waals surface area contributed by atoms with Crippen molar-refractivity contribution in [1.29, 1.82) is 0 Å². The highest BCUT2D eigenvalue weighted by Gasteiger charge is 2.30. The average Bonchev–Trinajstić information content (AvgIpc) is 2.37. The summed E-state index contributed by atoms with van der Waals surface area (Å²) in [5.74, 6) is 3.13. The van der Waals surface area contributed by atoms with Gasteiger partial charge in [-0.1, -0.05) is 37.6 Å². The summed E-state index contributed by atoms with van der Waals surface area (Å²) in [4.78, 5) is 0. The lowest BCUT2D eigenvalue weighted by atomic mass is 9.79. The average molecular weight is 294 g/mol. The Bertz CT molecular complexity index is 431. The molecular formula is C16H22OS2. The molecule has 0 bridgehead atoms. The van der Waals surface area contributed by atoms with Gasteiger partial charge in [0.2, 0.25) is 0 Å². The smallest absolute Gasteiger partial charge is 0.0919 e. The summed E-state index contributed by atoms with van der Waals surface area (Å²) in [7, 11) is 0. The Labute approximate surface area is 124 Å². The highest BCUT2D eigenvalue weighted by Crippen LogP contribution is 2.41. The monoisotopic (exact) mass is 294 g/mol. The second-order valence-corrected chi connectivity index (χ2v) is 8.43. The molecule has 1 aromatic rings. The molecule has 3 unspecified atom stereocenters. The van der Waals surface area contributed by atoms with Gasteiger partial charge in [0, 0.05) is 22.0 Å². The Morgan fingerprint density at radius 2 is 2.00 bits per heavy atom. The van der Waals surface area contributed by atoms with Gasteiger partial charge in [-0.05, 0) is 29.9 Å². The van der Waals surface area contributed by atoms with Crippen LogP contribution in [-0.2, 0) is 0 Å². The molecule has 0 spiro atoms. The molecule has 1 N–H and O–H groups in total. The van der Waals surface area contributed by atoms with Gasteiger partial charge in [0.1, 0.15) is 0 Å². The fourth-order valence-electron chi connectivity index (χ4n) is 2.92. The normalized spacial score (nSPS) is 29.8. The van der Waals surface area contributed by atoms with Gasteiger partial charge in [0.25, 0.3) is 0 Å². The van der Waals surface area contributed by atoms with Crippen molar-refractivity contribution in [2.45, 2.75) is 48.7 Å². The van der Waals surface area contributed by atoms with Gasteiger partial charge < -0.3 is 5.11 Å². The minimum absolute atomic E-state index is 0.312. The number of thioether (sulfide) groups is 2. The lowest BCUT2D eigenvalue weighted by Gasteiger charge is -2.32.